The molecule has 0 saturated heterocycles. The van der Waals surface area contributed by atoms with Crippen molar-refractivity contribution in [2.24, 2.45) is 0 Å². The highest BCUT2D eigenvalue weighted by Crippen LogP contribution is 2.15. The van der Waals surface area contributed by atoms with E-state index < -0.39 is 9.05 Å². The summed E-state index contributed by atoms with van der Waals surface area (Å²) in [6.45, 7) is 0.780. The Morgan fingerprint density at radius 1 is 1.20 bits per heavy atom. The second-order valence-electron chi connectivity index (χ2n) is 3.32. The van der Waals surface area contributed by atoms with Gasteiger partial charge in [-0.1, -0.05) is 12.1 Å². The Kier molecular flexibility index (Phi) is 5.59. The smallest absolute Gasteiger partial charge is 0.261 e. The van der Waals surface area contributed by atoms with Crippen LogP contribution in [0.3, 0.4) is 0 Å². The summed E-state index contributed by atoms with van der Waals surface area (Å²) in [5.74, 6) is 0. The molecular formula is C9H13Cl2NO2S. The fourth-order valence-electron chi connectivity index (χ4n) is 1.12. The molecule has 0 N–H and O–H groups in total. The summed E-state index contributed by atoms with van der Waals surface area (Å²) in [6, 6.07) is 6.55. The molecule has 1 aromatic carbocycles. The third-order valence-electron chi connectivity index (χ3n) is 1.70. The second-order valence-corrected chi connectivity index (χ2v) is 5.89. The van der Waals surface area contributed by atoms with Crippen LogP contribution in [-0.2, 0) is 15.6 Å². The Hall–Kier alpha value is -0.290. The van der Waals surface area contributed by atoms with Crippen LogP contribution in [0.4, 0.5) is 0 Å². The van der Waals surface area contributed by atoms with E-state index in [0.717, 1.165) is 12.1 Å². The van der Waals surface area contributed by atoms with E-state index in [0.29, 0.717) is 0 Å². The summed E-state index contributed by atoms with van der Waals surface area (Å²) in [5.41, 5.74) is 1.05. The molecule has 15 heavy (non-hydrogen) atoms. The van der Waals surface area contributed by atoms with Gasteiger partial charge in [-0.05, 0) is 31.8 Å². The van der Waals surface area contributed by atoms with Gasteiger partial charge in [0, 0.05) is 17.2 Å². The fourth-order valence-corrected chi connectivity index (χ4v) is 1.89. The second kappa shape index (κ2) is 5.70. The average Bonchev–Trinajstić information content (AvgIpc) is 2.02. The number of nitrogens with zero attached hydrogens (tertiary/aromatic N) is 1. The predicted molar refractivity (Wildman–Crippen MR) is 64.1 cm³/mol. The molecule has 0 spiro atoms. The minimum Gasteiger partial charge on any atom is -0.305 e. The lowest BCUT2D eigenvalue weighted by Crippen LogP contribution is -2.10. The first-order chi connectivity index (χ1) is 6.39. The van der Waals surface area contributed by atoms with E-state index in [9.17, 15) is 8.42 Å². The minimum absolute atomic E-state index is 0. The van der Waals surface area contributed by atoms with Gasteiger partial charge >= 0.3 is 0 Å². The number of hydrogen-bond donors (Lipinski definition) is 0. The molecule has 0 aromatic heterocycles. The van der Waals surface area contributed by atoms with Crippen molar-refractivity contribution in [2.45, 2.75) is 11.4 Å². The van der Waals surface area contributed by atoms with E-state index in [1.807, 2.05) is 19.0 Å². The monoisotopic (exact) mass is 269 g/mol. The number of benzene rings is 1. The molecule has 1 aromatic rings. The molecule has 0 atom stereocenters. The zero-order chi connectivity index (χ0) is 10.8. The fraction of sp³-hybridized carbons (Fsp3) is 0.333. The first-order valence-corrected chi connectivity index (χ1v) is 6.39. The lowest BCUT2D eigenvalue weighted by atomic mass is 10.2. The molecule has 0 heterocycles. The highest BCUT2D eigenvalue weighted by Gasteiger charge is 2.08. The van der Waals surface area contributed by atoms with Crippen LogP contribution in [0.2, 0.25) is 0 Å². The van der Waals surface area contributed by atoms with Gasteiger partial charge in [0.05, 0.1) is 4.90 Å². The van der Waals surface area contributed by atoms with Crippen molar-refractivity contribution in [2.75, 3.05) is 14.1 Å². The predicted octanol–water partition coefficient (Wildman–Crippen LogP) is 2.10. The molecule has 0 radical (unpaired) electrons. The molecule has 0 aliphatic rings. The third-order valence-corrected chi connectivity index (χ3v) is 3.07. The van der Waals surface area contributed by atoms with Crippen LogP contribution in [0.15, 0.2) is 29.2 Å². The topological polar surface area (TPSA) is 37.4 Å². The third kappa shape index (κ3) is 4.84. The Balaban J connectivity index is 0.00000196. The maximum Gasteiger partial charge on any atom is 0.261 e. The van der Waals surface area contributed by atoms with Crippen LogP contribution in [0, 0.1) is 0 Å². The zero-order valence-corrected chi connectivity index (χ0v) is 10.9. The van der Waals surface area contributed by atoms with Crippen LogP contribution in [-0.4, -0.2) is 27.4 Å². The van der Waals surface area contributed by atoms with Crippen molar-refractivity contribution >= 4 is 32.1 Å². The molecule has 3 nitrogen and oxygen atoms in total. The number of hydrogen-bond acceptors (Lipinski definition) is 3. The minimum atomic E-state index is -3.59. The summed E-state index contributed by atoms with van der Waals surface area (Å²) in [5, 5.41) is 0. The van der Waals surface area contributed by atoms with Crippen LogP contribution in [0.5, 0.6) is 0 Å². The van der Waals surface area contributed by atoms with Gasteiger partial charge in [-0.2, -0.15) is 0 Å². The molecule has 0 amide bonds. The van der Waals surface area contributed by atoms with Gasteiger partial charge in [0.1, 0.15) is 0 Å². The first-order valence-electron chi connectivity index (χ1n) is 4.08. The van der Waals surface area contributed by atoms with E-state index in [4.69, 9.17) is 10.7 Å². The van der Waals surface area contributed by atoms with Gasteiger partial charge in [-0.15, -0.1) is 12.4 Å². The molecule has 0 aliphatic heterocycles. The highest BCUT2D eigenvalue weighted by atomic mass is 35.7. The van der Waals surface area contributed by atoms with Crippen molar-refractivity contribution < 1.29 is 8.42 Å². The maximum atomic E-state index is 10.9. The largest absolute Gasteiger partial charge is 0.305 e. The molecule has 0 fully saturated rings. The Morgan fingerprint density at radius 2 is 1.67 bits per heavy atom. The van der Waals surface area contributed by atoms with Gasteiger partial charge in [0.15, 0.2) is 0 Å². The van der Waals surface area contributed by atoms with Crippen molar-refractivity contribution in [1.82, 2.24) is 4.90 Å². The van der Waals surface area contributed by atoms with Gasteiger partial charge in [0.2, 0.25) is 0 Å². The summed E-state index contributed by atoms with van der Waals surface area (Å²) < 4.78 is 21.8. The first kappa shape index (κ1) is 14.7. The van der Waals surface area contributed by atoms with E-state index in [1.54, 1.807) is 12.1 Å². The van der Waals surface area contributed by atoms with Crippen LogP contribution >= 0.6 is 23.1 Å². The Bertz CT molecular complexity index is 401. The van der Waals surface area contributed by atoms with Crippen molar-refractivity contribution in [3.05, 3.63) is 29.8 Å². The highest BCUT2D eigenvalue weighted by molar-refractivity contribution is 8.13. The van der Waals surface area contributed by atoms with Crippen LogP contribution < -0.4 is 0 Å². The summed E-state index contributed by atoms with van der Waals surface area (Å²) in [4.78, 5) is 2.14. The van der Waals surface area contributed by atoms with Gasteiger partial charge in [-0.3, -0.25) is 0 Å². The van der Waals surface area contributed by atoms with Gasteiger partial charge < -0.3 is 4.90 Å². The Morgan fingerprint density at radius 3 is 2.00 bits per heavy atom. The lowest BCUT2D eigenvalue weighted by Gasteiger charge is -2.09. The van der Waals surface area contributed by atoms with E-state index >= 15 is 0 Å². The molecule has 0 aliphatic carbocycles. The van der Waals surface area contributed by atoms with E-state index in [-0.39, 0.29) is 17.3 Å². The molecule has 6 heteroatoms. The van der Waals surface area contributed by atoms with Crippen LogP contribution in [0.1, 0.15) is 5.56 Å². The molecule has 0 saturated carbocycles. The standard InChI is InChI=1S/C9H12ClNO2S.ClH/c1-11(2)7-8-3-5-9(6-4-8)14(10,12)13;/h3-6H,7H2,1-2H3;1H. The van der Waals surface area contributed by atoms with Gasteiger partial charge in [0.25, 0.3) is 9.05 Å². The maximum absolute atomic E-state index is 10.9. The summed E-state index contributed by atoms with van der Waals surface area (Å²) in [6.07, 6.45) is 0. The summed E-state index contributed by atoms with van der Waals surface area (Å²) >= 11 is 0. The molecule has 0 bridgehead atoms. The molecule has 86 valence electrons. The lowest BCUT2D eigenvalue weighted by molar-refractivity contribution is 0.402. The summed E-state index contributed by atoms with van der Waals surface area (Å²) in [7, 11) is 5.49. The normalized spacial score (nSPS) is 11.2. The SMILES string of the molecule is CN(C)Cc1ccc(S(=O)(=O)Cl)cc1.Cl. The van der Waals surface area contributed by atoms with Gasteiger partial charge in [-0.25, -0.2) is 8.42 Å². The molecule has 0 unspecified atom stereocenters. The molecular weight excluding hydrogens is 257 g/mol. The quantitative estimate of drug-likeness (QED) is 0.789. The van der Waals surface area contributed by atoms with E-state index in [2.05, 4.69) is 0 Å². The average molecular weight is 270 g/mol. The van der Waals surface area contributed by atoms with Crippen molar-refractivity contribution in [1.29, 1.82) is 0 Å². The zero-order valence-electron chi connectivity index (χ0n) is 8.47. The van der Waals surface area contributed by atoms with Crippen LogP contribution in [0.25, 0.3) is 0 Å². The number of halogens is 2. The van der Waals surface area contributed by atoms with Crippen molar-refractivity contribution in [3.63, 3.8) is 0 Å². The number of rotatable bonds is 3. The van der Waals surface area contributed by atoms with E-state index in [1.165, 1.54) is 12.1 Å². The Labute approximate surface area is 101 Å². The van der Waals surface area contributed by atoms with Crippen molar-refractivity contribution in [3.8, 4) is 0 Å². The molecule has 1 rings (SSSR count).